The predicted molar refractivity (Wildman–Crippen MR) is 120 cm³/mol. The van der Waals surface area contributed by atoms with Gasteiger partial charge in [0.25, 0.3) is 11.5 Å². The number of hydrogen-bond acceptors (Lipinski definition) is 6. The monoisotopic (exact) mass is 435 g/mol. The number of nitrogens with one attached hydrogen (secondary N) is 2. The summed E-state index contributed by atoms with van der Waals surface area (Å²) in [6.45, 7) is 1.70. The smallest absolute Gasteiger partial charge is 0.256 e. The van der Waals surface area contributed by atoms with E-state index in [1.165, 1.54) is 23.1 Å². The molecule has 31 heavy (non-hydrogen) atoms. The lowest BCUT2D eigenvalue weighted by Gasteiger charge is -2.10. The standard InChI is InChI=1S/C22H21N5O3S/c1-14-16(11-15-7-4-3-5-8-15)21(29)25-22(23-14)27-19(24-20(28)13-30-2)12-17(26-27)18-9-6-10-31-18/h3-10,12H,11,13H2,1-2H3,(H,24,28)(H,23,25,29). The molecule has 0 bridgehead atoms. The van der Waals surface area contributed by atoms with Crippen LogP contribution in [-0.4, -0.2) is 39.4 Å². The molecule has 3 aromatic heterocycles. The van der Waals surface area contributed by atoms with Gasteiger partial charge in [0.05, 0.1) is 10.6 Å². The number of carbonyl (C=O) groups is 1. The Bertz CT molecular complexity index is 1250. The minimum Gasteiger partial charge on any atom is -0.375 e. The highest BCUT2D eigenvalue weighted by atomic mass is 32.1. The van der Waals surface area contributed by atoms with Crippen molar-refractivity contribution in [2.75, 3.05) is 19.0 Å². The first-order chi connectivity index (χ1) is 15.0. The molecule has 0 radical (unpaired) electrons. The third-order valence-corrected chi connectivity index (χ3v) is 5.55. The average molecular weight is 436 g/mol. The highest BCUT2D eigenvalue weighted by Crippen LogP contribution is 2.27. The van der Waals surface area contributed by atoms with Gasteiger partial charge in [-0.2, -0.15) is 9.78 Å². The average Bonchev–Trinajstić information content (AvgIpc) is 3.41. The number of H-pyrrole nitrogens is 1. The summed E-state index contributed by atoms with van der Waals surface area (Å²) in [5.74, 6) is 0.291. The first-order valence-corrected chi connectivity index (χ1v) is 10.5. The van der Waals surface area contributed by atoms with Gasteiger partial charge >= 0.3 is 0 Å². The summed E-state index contributed by atoms with van der Waals surface area (Å²) < 4.78 is 6.33. The number of rotatable bonds is 7. The fraction of sp³-hybridized carbons (Fsp3) is 0.182. The van der Waals surface area contributed by atoms with Gasteiger partial charge in [0.15, 0.2) is 0 Å². The van der Waals surface area contributed by atoms with E-state index >= 15 is 0 Å². The van der Waals surface area contributed by atoms with E-state index in [1.54, 1.807) is 13.0 Å². The van der Waals surface area contributed by atoms with Crippen molar-refractivity contribution in [3.63, 3.8) is 0 Å². The van der Waals surface area contributed by atoms with Crippen molar-refractivity contribution < 1.29 is 9.53 Å². The molecule has 8 nitrogen and oxygen atoms in total. The van der Waals surface area contributed by atoms with E-state index in [2.05, 4.69) is 20.4 Å². The van der Waals surface area contributed by atoms with Crippen molar-refractivity contribution >= 4 is 23.1 Å². The van der Waals surface area contributed by atoms with E-state index in [4.69, 9.17) is 4.74 Å². The molecule has 0 fully saturated rings. The highest BCUT2D eigenvalue weighted by Gasteiger charge is 2.18. The van der Waals surface area contributed by atoms with E-state index in [0.717, 1.165) is 10.4 Å². The second-order valence-electron chi connectivity index (χ2n) is 6.90. The Kier molecular flexibility index (Phi) is 6.06. The summed E-state index contributed by atoms with van der Waals surface area (Å²) in [6, 6.07) is 15.3. The summed E-state index contributed by atoms with van der Waals surface area (Å²) in [5.41, 5.74) is 2.64. The maximum atomic E-state index is 12.9. The number of anilines is 1. The van der Waals surface area contributed by atoms with Crippen molar-refractivity contribution in [3.05, 3.63) is 81.1 Å². The van der Waals surface area contributed by atoms with Gasteiger partial charge in [-0.1, -0.05) is 36.4 Å². The van der Waals surface area contributed by atoms with Crippen LogP contribution >= 0.6 is 11.3 Å². The van der Waals surface area contributed by atoms with Crippen LogP contribution in [0.4, 0.5) is 5.82 Å². The van der Waals surface area contributed by atoms with Gasteiger partial charge in [0, 0.05) is 25.2 Å². The van der Waals surface area contributed by atoms with Gasteiger partial charge < -0.3 is 10.1 Å². The fourth-order valence-electron chi connectivity index (χ4n) is 3.19. The minimum atomic E-state index is -0.332. The number of aromatic nitrogens is 4. The number of benzene rings is 1. The molecule has 0 saturated heterocycles. The molecule has 0 aliphatic carbocycles. The summed E-state index contributed by atoms with van der Waals surface area (Å²) in [4.78, 5) is 33.3. The maximum Gasteiger partial charge on any atom is 0.256 e. The van der Waals surface area contributed by atoms with Crippen LogP contribution in [0.25, 0.3) is 16.5 Å². The van der Waals surface area contributed by atoms with Gasteiger partial charge in [-0.3, -0.25) is 14.6 Å². The van der Waals surface area contributed by atoms with Gasteiger partial charge in [-0.25, -0.2) is 4.98 Å². The van der Waals surface area contributed by atoms with E-state index in [9.17, 15) is 9.59 Å². The molecule has 1 aromatic carbocycles. The molecule has 4 aromatic rings. The molecule has 3 heterocycles. The number of thiophene rings is 1. The Morgan fingerprint density at radius 2 is 2.03 bits per heavy atom. The van der Waals surface area contributed by atoms with Gasteiger partial charge in [0.1, 0.15) is 18.1 Å². The molecule has 4 rings (SSSR count). The summed E-state index contributed by atoms with van der Waals surface area (Å²) in [7, 11) is 1.45. The molecule has 1 amide bonds. The van der Waals surface area contributed by atoms with E-state index < -0.39 is 0 Å². The number of aromatic amines is 1. The van der Waals surface area contributed by atoms with E-state index in [-0.39, 0.29) is 24.0 Å². The molecule has 0 saturated carbocycles. The molecular weight excluding hydrogens is 414 g/mol. The van der Waals surface area contributed by atoms with Crippen molar-refractivity contribution in [1.29, 1.82) is 0 Å². The van der Waals surface area contributed by atoms with Crippen LogP contribution in [-0.2, 0) is 16.0 Å². The van der Waals surface area contributed by atoms with E-state index in [0.29, 0.717) is 29.2 Å². The number of aryl methyl sites for hydroxylation is 1. The number of nitrogens with zero attached hydrogens (tertiary/aromatic N) is 3. The summed E-state index contributed by atoms with van der Waals surface area (Å²) >= 11 is 1.53. The Morgan fingerprint density at radius 3 is 2.71 bits per heavy atom. The topological polar surface area (TPSA) is 102 Å². The lowest BCUT2D eigenvalue weighted by Crippen LogP contribution is -2.23. The SMILES string of the molecule is COCC(=O)Nc1cc(-c2cccs2)nn1-c1nc(C)c(Cc2ccccc2)c(=O)[nH]1. The molecule has 0 unspecified atom stereocenters. The predicted octanol–water partition coefficient (Wildman–Crippen LogP) is 3.17. The zero-order valence-electron chi connectivity index (χ0n) is 17.1. The lowest BCUT2D eigenvalue weighted by atomic mass is 10.1. The zero-order chi connectivity index (χ0) is 21.8. The molecule has 0 aliphatic heterocycles. The number of amides is 1. The first kappa shape index (κ1) is 20.7. The summed E-state index contributed by atoms with van der Waals surface area (Å²) in [5, 5.41) is 9.28. The van der Waals surface area contributed by atoms with Crippen LogP contribution in [0, 0.1) is 6.92 Å². The van der Waals surface area contributed by atoms with Gasteiger partial charge in [-0.15, -0.1) is 11.3 Å². The molecule has 0 aliphatic rings. The molecule has 0 atom stereocenters. The quantitative estimate of drug-likeness (QED) is 0.464. The fourth-order valence-corrected chi connectivity index (χ4v) is 3.87. The lowest BCUT2D eigenvalue weighted by molar-refractivity contribution is -0.119. The molecule has 2 N–H and O–H groups in total. The molecule has 9 heteroatoms. The Morgan fingerprint density at radius 1 is 1.23 bits per heavy atom. The van der Waals surface area contributed by atoms with Gasteiger partial charge in [0.2, 0.25) is 5.95 Å². The number of carbonyl (C=O) groups excluding carboxylic acids is 1. The molecule has 0 spiro atoms. The highest BCUT2D eigenvalue weighted by molar-refractivity contribution is 7.13. The van der Waals surface area contributed by atoms with Crippen LogP contribution in [0.15, 0.2) is 58.7 Å². The first-order valence-electron chi connectivity index (χ1n) is 9.62. The third-order valence-electron chi connectivity index (χ3n) is 4.66. The van der Waals surface area contributed by atoms with Crippen molar-refractivity contribution in [2.45, 2.75) is 13.3 Å². The second kappa shape index (κ2) is 9.07. The Hall–Kier alpha value is -3.56. The molecule has 158 valence electrons. The van der Waals surface area contributed by atoms with Crippen LogP contribution < -0.4 is 10.9 Å². The largest absolute Gasteiger partial charge is 0.375 e. The summed E-state index contributed by atoms with van der Waals surface area (Å²) in [6.07, 6.45) is 0.478. The molecular formula is C22H21N5O3S. The van der Waals surface area contributed by atoms with E-state index in [1.807, 2.05) is 47.8 Å². The Labute approximate surface area is 182 Å². The Balaban J connectivity index is 1.74. The maximum absolute atomic E-state index is 12.9. The van der Waals surface area contributed by atoms with Crippen LogP contribution in [0.1, 0.15) is 16.8 Å². The zero-order valence-corrected chi connectivity index (χ0v) is 17.9. The van der Waals surface area contributed by atoms with Crippen LogP contribution in [0.5, 0.6) is 0 Å². The number of methoxy groups -OCH3 is 1. The van der Waals surface area contributed by atoms with Crippen LogP contribution in [0.2, 0.25) is 0 Å². The van der Waals surface area contributed by atoms with Crippen molar-refractivity contribution in [3.8, 4) is 16.5 Å². The normalized spacial score (nSPS) is 10.9. The minimum absolute atomic E-state index is 0.0987. The van der Waals surface area contributed by atoms with Crippen LogP contribution in [0.3, 0.4) is 0 Å². The number of hydrogen-bond donors (Lipinski definition) is 2. The second-order valence-corrected chi connectivity index (χ2v) is 7.85. The van der Waals surface area contributed by atoms with Crippen molar-refractivity contribution in [2.24, 2.45) is 0 Å². The number of ether oxygens (including phenoxy) is 1. The third kappa shape index (κ3) is 4.62. The van der Waals surface area contributed by atoms with Crippen molar-refractivity contribution in [1.82, 2.24) is 19.7 Å². The van der Waals surface area contributed by atoms with Gasteiger partial charge in [-0.05, 0) is 23.9 Å².